The van der Waals surface area contributed by atoms with Crippen LogP contribution in [0.25, 0.3) is 0 Å². The zero-order valence-corrected chi connectivity index (χ0v) is 10.6. The number of hydrogen-bond acceptors (Lipinski definition) is 3. The summed E-state index contributed by atoms with van der Waals surface area (Å²) in [6.45, 7) is 8.06. The molecule has 1 aliphatic rings. The molecule has 1 atom stereocenters. The number of morpholine rings is 1. The van der Waals surface area contributed by atoms with Crippen LogP contribution < -0.4 is 5.32 Å². The third-order valence-corrected chi connectivity index (χ3v) is 3.09. The van der Waals surface area contributed by atoms with Crippen LogP contribution in [-0.2, 0) is 11.3 Å². The van der Waals surface area contributed by atoms with E-state index < -0.39 is 0 Å². The molecule has 94 valence electrons. The van der Waals surface area contributed by atoms with E-state index in [0.717, 1.165) is 39.3 Å². The van der Waals surface area contributed by atoms with E-state index in [-0.39, 0.29) is 0 Å². The van der Waals surface area contributed by atoms with Crippen molar-refractivity contribution < 1.29 is 4.74 Å². The van der Waals surface area contributed by atoms with E-state index in [4.69, 9.17) is 4.74 Å². The third kappa shape index (κ3) is 4.11. The standard InChI is InChI=1S/C14H22N2O/c1-2-15-10-14-12-16(8-9-17-14)11-13-6-4-3-5-7-13/h3-7,14-15H,2,8-12H2,1H3/t14-/m0/s1. The lowest BCUT2D eigenvalue weighted by Gasteiger charge is -2.33. The maximum absolute atomic E-state index is 5.74. The Bertz CT molecular complexity index is 315. The zero-order chi connectivity index (χ0) is 11.9. The highest BCUT2D eigenvalue weighted by molar-refractivity contribution is 5.14. The summed E-state index contributed by atoms with van der Waals surface area (Å²) in [4.78, 5) is 2.47. The summed E-state index contributed by atoms with van der Waals surface area (Å²) in [5.41, 5.74) is 1.39. The van der Waals surface area contributed by atoms with Crippen LogP contribution >= 0.6 is 0 Å². The Morgan fingerprint density at radius 3 is 2.94 bits per heavy atom. The molecule has 1 aliphatic heterocycles. The highest BCUT2D eigenvalue weighted by Gasteiger charge is 2.19. The fraction of sp³-hybridized carbons (Fsp3) is 0.571. The average molecular weight is 234 g/mol. The van der Waals surface area contributed by atoms with Gasteiger partial charge in [0.1, 0.15) is 0 Å². The zero-order valence-electron chi connectivity index (χ0n) is 10.6. The third-order valence-electron chi connectivity index (χ3n) is 3.09. The van der Waals surface area contributed by atoms with Crippen molar-refractivity contribution in [1.82, 2.24) is 10.2 Å². The van der Waals surface area contributed by atoms with Crippen molar-refractivity contribution in [1.29, 1.82) is 0 Å². The van der Waals surface area contributed by atoms with Gasteiger partial charge in [-0.2, -0.15) is 0 Å². The van der Waals surface area contributed by atoms with Gasteiger partial charge < -0.3 is 10.1 Å². The van der Waals surface area contributed by atoms with E-state index in [1.54, 1.807) is 0 Å². The molecule has 1 aromatic rings. The maximum Gasteiger partial charge on any atom is 0.0826 e. The number of nitrogens with one attached hydrogen (secondary N) is 1. The van der Waals surface area contributed by atoms with Crippen molar-refractivity contribution in [2.45, 2.75) is 19.6 Å². The molecule has 1 aromatic carbocycles. The van der Waals surface area contributed by atoms with Gasteiger partial charge in [-0.1, -0.05) is 37.3 Å². The summed E-state index contributed by atoms with van der Waals surface area (Å²) in [7, 11) is 0. The second-order valence-electron chi connectivity index (χ2n) is 4.52. The minimum absolute atomic E-state index is 0.340. The minimum atomic E-state index is 0.340. The summed E-state index contributed by atoms with van der Waals surface area (Å²) in [6, 6.07) is 10.7. The molecule has 0 radical (unpaired) electrons. The normalized spacial score (nSPS) is 21.6. The summed E-state index contributed by atoms with van der Waals surface area (Å²) < 4.78 is 5.74. The topological polar surface area (TPSA) is 24.5 Å². The molecule has 0 bridgehead atoms. The van der Waals surface area contributed by atoms with Crippen LogP contribution in [0.4, 0.5) is 0 Å². The SMILES string of the molecule is CCNC[C@H]1CN(Cc2ccccc2)CCO1. The van der Waals surface area contributed by atoms with Crippen LogP contribution in [0.3, 0.4) is 0 Å². The molecule has 2 rings (SSSR count). The monoisotopic (exact) mass is 234 g/mol. The van der Waals surface area contributed by atoms with Crippen molar-refractivity contribution in [3.05, 3.63) is 35.9 Å². The van der Waals surface area contributed by atoms with Gasteiger partial charge in [0.2, 0.25) is 0 Å². The predicted molar refractivity (Wildman–Crippen MR) is 70.0 cm³/mol. The van der Waals surface area contributed by atoms with E-state index in [0.29, 0.717) is 6.10 Å². The summed E-state index contributed by atoms with van der Waals surface area (Å²) in [5.74, 6) is 0. The van der Waals surface area contributed by atoms with Gasteiger partial charge in [-0.05, 0) is 12.1 Å². The molecule has 1 saturated heterocycles. The number of nitrogens with zero attached hydrogens (tertiary/aromatic N) is 1. The van der Waals surface area contributed by atoms with Crippen LogP contribution in [0.2, 0.25) is 0 Å². The van der Waals surface area contributed by atoms with E-state index >= 15 is 0 Å². The average Bonchev–Trinajstić information content (AvgIpc) is 2.38. The number of likely N-dealkylation sites (N-methyl/N-ethyl adjacent to an activating group) is 1. The van der Waals surface area contributed by atoms with Crippen molar-refractivity contribution >= 4 is 0 Å². The molecule has 0 spiro atoms. The first kappa shape index (κ1) is 12.6. The Balaban J connectivity index is 1.81. The summed E-state index contributed by atoms with van der Waals surface area (Å²) >= 11 is 0. The first-order chi connectivity index (χ1) is 8.38. The second-order valence-corrected chi connectivity index (χ2v) is 4.52. The number of hydrogen-bond donors (Lipinski definition) is 1. The lowest BCUT2D eigenvalue weighted by molar-refractivity contribution is -0.0297. The smallest absolute Gasteiger partial charge is 0.0826 e. The van der Waals surface area contributed by atoms with Gasteiger partial charge in [-0.25, -0.2) is 0 Å². The first-order valence-electron chi connectivity index (χ1n) is 6.47. The molecule has 0 amide bonds. The Morgan fingerprint density at radius 2 is 2.18 bits per heavy atom. The van der Waals surface area contributed by atoms with E-state index in [1.165, 1.54) is 5.56 Å². The number of benzene rings is 1. The molecule has 0 aromatic heterocycles. The molecule has 0 saturated carbocycles. The Morgan fingerprint density at radius 1 is 1.35 bits per heavy atom. The van der Waals surface area contributed by atoms with Gasteiger partial charge >= 0.3 is 0 Å². The molecular formula is C14H22N2O. The van der Waals surface area contributed by atoms with Crippen LogP contribution in [-0.4, -0.2) is 43.8 Å². The van der Waals surface area contributed by atoms with Gasteiger partial charge in [-0.3, -0.25) is 4.90 Å². The molecule has 17 heavy (non-hydrogen) atoms. The van der Waals surface area contributed by atoms with Crippen LogP contribution in [0, 0.1) is 0 Å². The van der Waals surface area contributed by atoms with Gasteiger partial charge in [0.05, 0.1) is 12.7 Å². The molecule has 1 N–H and O–H groups in total. The van der Waals surface area contributed by atoms with Crippen molar-refractivity contribution in [3.63, 3.8) is 0 Å². The molecule has 0 unspecified atom stereocenters. The molecule has 3 heteroatoms. The Labute approximate surface area is 104 Å². The predicted octanol–water partition coefficient (Wildman–Crippen LogP) is 1.50. The molecule has 1 heterocycles. The number of ether oxygens (including phenoxy) is 1. The Kier molecular flexibility index (Phi) is 4.98. The van der Waals surface area contributed by atoms with Crippen molar-refractivity contribution in [3.8, 4) is 0 Å². The quantitative estimate of drug-likeness (QED) is 0.835. The van der Waals surface area contributed by atoms with E-state index in [9.17, 15) is 0 Å². The van der Waals surface area contributed by atoms with Crippen LogP contribution in [0.1, 0.15) is 12.5 Å². The summed E-state index contributed by atoms with van der Waals surface area (Å²) in [5, 5.41) is 3.35. The minimum Gasteiger partial charge on any atom is -0.374 e. The molecule has 3 nitrogen and oxygen atoms in total. The van der Waals surface area contributed by atoms with Gasteiger partial charge in [0.15, 0.2) is 0 Å². The maximum atomic E-state index is 5.74. The first-order valence-corrected chi connectivity index (χ1v) is 6.47. The molecule has 0 aliphatic carbocycles. The highest BCUT2D eigenvalue weighted by atomic mass is 16.5. The lowest BCUT2D eigenvalue weighted by Crippen LogP contribution is -2.46. The second kappa shape index (κ2) is 6.74. The van der Waals surface area contributed by atoms with Gasteiger partial charge in [0, 0.05) is 26.2 Å². The van der Waals surface area contributed by atoms with Crippen LogP contribution in [0.15, 0.2) is 30.3 Å². The largest absolute Gasteiger partial charge is 0.374 e. The number of rotatable bonds is 5. The van der Waals surface area contributed by atoms with Gasteiger partial charge in [-0.15, -0.1) is 0 Å². The summed E-state index contributed by atoms with van der Waals surface area (Å²) in [6.07, 6.45) is 0.340. The van der Waals surface area contributed by atoms with E-state index in [1.807, 2.05) is 0 Å². The van der Waals surface area contributed by atoms with Crippen LogP contribution in [0.5, 0.6) is 0 Å². The lowest BCUT2D eigenvalue weighted by atomic mass is 10.2. The molecule has 1 fully saturated rings. The highest BCUT2D eigenvalue weighted by Crippen LogP contribution is 2.09. The molecular weight excluding hydrogens is 212 g/mol. The fourth-order valence-electron chi connectivity index (χ4n) is 2.19. The fourth-order valence-corrected chi connectivity index (χ4v) is 2.19. The van der Waals surface area contributed by atoms with E-state index in [2.05, 4.69) is 47.5 Å². The van der Waals surface area contributed by atoms with Crippen molar-refractivity contribution in [2.24, 2.45) is 0 Å². The van der Waals surface area contributed by atoms with Gasteiger partial charge in [0.25, 0.3) is 0 Å². The Hall–Kier alpha value is -0.900. The van der Waals surface area contributed by atoms with Crippen molar-refractivity contribution in [2.75, 3.05) is 32.8 Å².